The highest BCUT2D eigenvalue weighted by Gasteiger charge is 2.23. The molecule has 3 aromatic rings. The van der Waals surface area contributed by atoms with Gasteiger partial charge in [0.15, 0.2) is 11.4 Å². The standard InChI is InChI=1S/C20H22N2O5S/c1-4-21(5-2)28(25,26)16-10-11-17-19(12-16)27-20(24)22(17)13-18(23)15-8-6-14(3)7-9-15/h6-12H,4-5,13H2,1-3H3. The number of hydrogen-bond donors (Lipinski definition) is 0. The van der Waals surface area contributed by atoms with Gasteiger partial charge in [-0.1, -0.05) is 43.7 Å². The summed E-state index contributed by atoms with van der Waals surface area (Å²) in [6, 6.07) is 11.3. The smallest absolute Gasteiger partial charge is 0.408 e. The maximum absolute atomic E-state index is 12.7. The van der Waals surface area contributed by atoms with Crippen LogP contribution in [-0.2, 0) is 16.6 Å². The van der Waals surface area contributed by atoms with E-state index in [1.807, 2.05) is 19.1 Å². The van der Waals surface area contributed by atoms with Crippen molar-refractivity contribution in [1.82, 2.24) is 8.87 Å². The number of nitrogens with zero attached hydrogens (tertiary/aromatic N) is 2. The minimum Gasteiger partial charge on any atom is -0.408 e. The minimum absolute atomic E-state index is 0.0504. The van der Waals surface area contributed by atoms with Crippen molar-refractivity contribution in [3.05, 3.63) is 64.1 Å². The molecule has 0 saturated carbocycles. The van der Waals surface area contributed by atoms with Crippen molar-refractivity contribution in [2.75, 3.05) is 13.1 Å². The van der Waals surface area contributed by atoms with E-state index in [-0.39, 0.29) is 22.8 Å². The molecule has 28 heavy (non-hydrogen) atoms. The Hall–Kier alpha value is -2.71. The largest absolute Gasteiger partial charge is 0.420 e. The SMILES string of the molecule is CCN(CC)S(=O)(=O)c1ccc2c(c1)oc(=O)n2CC(=O)c1ccc(C)cc1. The van der Waals surface area contributed by atoms with E-state index < -0.39 is 15.8 Å². The zero-order valence-corrected chi connectivity index (χ0v) is 16.8. The van der Waals surface area contributed by atoms with Gasteiger partial charge in [0, 0.05) is 24.7 Å². The zero-order valence-electron chi connectivity index (χ0n) is 16.0. The van der Waals surface area contributed by atoms with Crippen LogP contribution in [0.15, 0.2) is 56.6 Å². The lowest BCUT2D eigenvalue weighted by Crippen LogP contribution is -2.30. The third-order valence-electron chi connectivity index (χ3n) is 4.66. The number of benzene rings is 2. The molecule has 0 fully saturated rings. The topological polar surface area (TPSA) is 89.6 Å². The highest BCUT2D eigenvalue weighted by molar-refractivity contribution is 7.89. The highest BCUT2D eigenvalue weighted by atomic mass is 32.2. The zero-order chi connectivity index (χ0) is 20.5. The molecular formula is C20H22N2O5S. The number of Topliss-reactive ketones (excluding diaryl/α,β-unsaturated/α-hetero) is 1. The number of sulfonamides is 1. The van der Waals surface area contributed by atoms with E-state index in [0.29, 0.717) is 24.2 Å². The Morgan fingerprint density at radius 1 is 1.07 bits per heavy atom. The van der Waals surface area contributed by atoms with Gasteiger partial charge in [0.1, 0.15) is 0 Å². The van der Waals surface area contributed by atoms with E-state index in [9.17, 15) is 18.0 Å². The van der Waals surface area contributed by atoms with Gasteiger partial charge in [-0.2, -0.15) is 4.31 Å². The first kappa shape index (κ1) is 20.0. The van der Waals surface area contributed by atoms with Crippen LogP contribution in [0.5, 0.6) is 0 Å². The van der Waals surface area contributed by atoms with Crippen LogP contribution in [0, 0.1) is 6.92 Å². The minimum atomic E-state index is -3.67. The molecule has 0 radical (unpaired) electrons. The number of aryl methyl sites for hydroxylation is 1. The second-order valence-corrected chi connectivity index (χ2v) is 8.40. The van der Waals surface area contributed by atoms with Crippen molar-refractivity contribution in [2.24, 2.45) is 0 Å². The van der Waals surface area contributed by atoms with Crippen LogP contribution < -0.4 is 5.76 Å². The fourth-order valence-electron chi connectivity index (χ4n) is 3.04. The third kappa shape index (κ3) is 3.65. The average molecular weight is 402 g/mol. The van der Waals surface area contributed by atoms with Crippen molar-refractivity contribution in [1.29, 1.82) is 0 Å². The summed E-state index contributed by atoms with van der Waals surface area (Å²) in [7, 11) is -3.67. The van der Waals surface area contributed by atoms with Crippen LogP contribution in [0.1, 0.15) is 29.8 Å². The summed E-state index contributed by atoms with van der Waals surface area (Å²) in [6.07, 6.45) is 0. The van der Waals surface area contributed by atoms with Gasteiger partial charge >= 0.3 is 5.76 Å². The van der Waals surface area contributed by atoms with E-state index in [1.165, 1.54) is 27.1 Å². The second kappa shape index (κ2) is 7.73. The average Bonchev–Trinajstić information content (AvgIpc) is 2.97. The summed E-state index contributed by atoms with van der Waals surface area (Å²) in [5.74, 6) is -0.933. The number of fused-ring (bicyclic) bond motifs is 1. The predicted molar refractivity (Wildman–Crippen MR) is 106 cm³/mol. The number of hydrogen-bond acceptors (Lipinski definition) is 5. The second-order valence-electron chi connectivity index (χ2n) is 6.46. The number of oxazole rings is 1. The molecule has 148 valence electrons. The lowest BCUT2D eigenvalue weighted by Gasteiger charge is -2.18. The van der Waals surface area contributed by atoms with Crippen LogP contribution in [0.4, 0.5) is 0 Å². The number of rotatable bonds is 7. The first-order valence-corrected chi connectivity index (χ1v) is 10.4. The quantitative estimate of drug-likeness (QED) is 0.567. The van der Waals surface area contributed by atoms with Gasteiger partial charge in [-0.15, -0.1) is 0 Å². The van der Waals surface area contributed by atoms with E-state index in [0.717, 1.165) is 5.56 Å². The Balaban J connectivity index is 1.98. The molecule has 0 bridgehead atoms. The Labute approximate surface area is 163 Å². The predicted octanol–water partition coefficient (Wildman–Crippen LogP) is 2.82. The molecule has 8 heteroatoms. The molecule has 3 rings (SSSR count). The van der Waals surface area contributed by atoms with Gasteiger partial charge in [0.25, 0.3) is 0 Å². The fourth-order valence-corrected chi connectivity index (χ4v) is 4.52. The lowest BCUT2D eigenvalue weighted by atomic mass is 10.1. The van der Waals surface area contributed by atoms with Crippen LogP contribution in [0.2, 0.25) is 0 Å². The molecule has 1 heterocycles. The van der Waals surface area contributed by atoms with Gasteiger partial charge in [-0.25, -0.2) is 13.2 Å². The molecule has 7 nitrogen and oxygen atoms in total. The Bertz CT molecular complexity index is 1170. The van der Waals surface area contributed by atoms with E-state index in [1.54, 1.807) is 26.0 Å². The van der Waals surface area contributed by atoms with E-state index in [2.05, 4.69) is 0 Å². The van der Waals surface area contributed by atoms with Crippen molar-refractivity contribution in [3.63, 3.8) is 0 Å². The van der Waals surface area contributed by atoms with Gasteiger partial charge in [0.05, 0.1) is 17.0 Å². The fraction of sp³-hybridized carbons (Fsp3) is 0.300. The lowest BCUT2D eigenvalue weighted by molar-refractivity contribution is 0.0970. The number of carbonyl (C=O) groups excluding carboxylic acids is 1. The van der Waals surface area contributed by atoms with Gasteiger partial charge in [-0.3, -0.25) is 9.36 Å². The maximum Gasteiger partial charge on any atom is 0.420 e. The summed E-state index contributed by atoms with van der Waals surface area (Å²) >= 11 is 0. The van der Waals surface area contributed by atoms with Gasteiger partial charge in [-0.05, 0) is 19.1 Å². The van der Waals surface area contributed by atoms with Crippen LogP contribution in [0.25, 0.3) is 11.1 Å². The Morgan fingerprint density at radius 2 is 1.71 bits per heavy atom. The van der Waals surface area contributed by atoms with Crippen molar-refractivity contribution in [3.8, 4) is 0 Å². The van der Waals surface area contributed by atoms with Crippen molar-refractivity contribution >= 4 is 26.9 Å². The molecule has 0 aliphatic rings. The summed E-state index contributed by atoms with van der Waals surface area (Å²) in [5.41, 5.74) is 2.04. The highest BCUT2D eigenvalue weighted by Crippen LogP contribution is 2.22. The van der Waals surface area contributed by atoms with Crippen molar-refractivity contribution in [2.45, 2.75) is 32.2 Å². The normalized spacial score (nSPS) is 12.0. The number of aromatic nitrogens is 1. The summed E-state index contributed by atoms with van der Waals surface area (Å²) in [6.45, 7) is 5.93. The molecule has 0 atom stereocenters. The van der Waals surface area contributed by atoms with E-state index >= 15 is 0 Å². The molecular weight excluding hydrogens is 380 g/mol. The molecule has 0 spiro atoms. The van der Waals surface area contributed by atoms with E-state index in [4.69, 9.17) is 4.42 Å². The van der Waals surface area contributed by atoms with Gasteiger partial charge < -0.3 is 4.42 Å². The monoisotopic (exact) mass is 402 g/mol. The van der Waals surface area contributed by atoms with Crippen LogP contribution in [0.3, 0.4) is 0 Å². The molecule has 0 N–H and O–H groups in total. The molecule has 2 aromatic carbocycles. The maximum atomic E-state index is 12.7. The summed E-state index contributed by atoms with van der Waals surface area (Å²) < 4.78 is 33.1. The summed E-state index contributed by atoms with van der Waals surface area (Å²) in [4.78, 5) is 24.8. The summed E-state index contributed by atoms with van der Waals surface area (Å²) in [5, 5.41) is 0. The van der Waals surface area contributed by atoms with Crippen LogP contribution in [-0.4, -0.2) is 36.2 Å². The Kier molecular flexibility index (Phi) is 5.53. The van der Waals surface area contributed by atoms with Gasteiger partial charge in [0.2, 0.25) is 10.0 Å². The number of ketones is 1. The molecule has 0 unspecified atom stereocenters. The molecule has 0 amide bonds. The third-order valence-corrected chi connectivity index (χ3v) is 6.70. The molecule has 0 aliphatic carbocycles. The molecule has 0 saturated heterocycles. The Morgan fingerprint density at radius 3 is 2.32 bits per heavy atom. The first-order valence-electron chi connectivity index (χ1n) is 9.01. The van der Waals surface area contributed by atoms with Crippen LogP contribution >= 0.6 is 0 Å². The molecule has 0 aliphatic heterocycles. The van der Waals surface area contributed by atoms with Crippen molar-refractivity contribution < 1.29 is 17.6 Å². The first-order chi connectivity index (χ1) is 13.3. The molecule has 1 aromatic heterocycles. The number of carbonyl (C=O) groups is 1.